The van der Waals surface area contributed by atoms with Crippen LogP contribution >= 0.6 is 0 Å². The van der Waals surface area contributed by atoms with E-state index in [0.717, 1.165) is 27.6 Å². The summed E-state index contributed by atoms with van der Waals surface area (Å²) >= 11 is 0. The van der Waals surface area contributed by atoms with Gasteiger partial charge in [0.2, 0.25) is 6.79 Å². The fourth-order valence-electron chi connectivity index (χ4n) is 5.58. The SMILES string of the molecule is CC[C@@]1(O)C(=O)OCc2c1cc1n(c2=O)Cc2c-1nc1cc3c(cc1c2-c1ccc(CO)cc1)OCO3. The Balaban J connectivity index is 1.54. The Bertz CT molecular complexity index is 1710. The van der Waals surface area contributed by atoms with Crippen molar-refractivity contribution in [3.63, 3.8) is 0 Å². The van der Waals surface area contributed by atoms with Crippen LogP contribution in [0.1, 0.15) is 35.6 Å². The zero-order valence-electron chi connectivity index (χ0n) is 19.9. The maximum Gasteiger partial charge on any atom is 0.343 e. The Kier molecular flexibility index (Phi) is 4.55. The number of benzene rings is 2. The van der Waals surface area contributed by atoms with Gasteiger partial charge in [0.05, 0.1) is 35.6 Å². The molecule has 9 nitrogen and oxygen atoms in total. The van der Waals surface area contributed by atoms with E-state index in [2.05, 4.69) is 0 Å². The number of rotatable bonds is 3. The van der Waals surface area contributed by atoms with Crippen LogP contribution in [0.5, 0.6) is 11.5 Å². The zero-order chi connectivity index (χ0) is 25.5. The molecule has 5 heterocycles. The van der Waals surface area contributed by atoms with Gasteiger partial charge in [0.1, 0.15) is 6.61 Å². The maximum absolute atomic E-state index is 13.6. The van der Waals surface area contributed by atoms with Gasteiger partial charge in [-0.15, -0.1) is 0 Å². The molecule has 9 heteroatoms. The third-order valence-corrected chi connectivity index (χ3v) is 7.61. The molecule has 0 unspecified atom stereocenters. The summed E-state index contributed by atoms with van der Waals surface area (Å²) in [6, 6.07) is 13.0. The maximum atomic E-state index is 13.6. The molecule has 3 aliphatic heterocycles. The lowest BCUT2D eigenvalue weighted by atomic mass is 9.86. The van der Waals surface area contributed by atoms with Crippen LogP contribution in [0.25, 0.3) is 33.4 Å². The van der Waals surface area contributed by atoms with Crippen LogP contribution in [0, 0.1) is 0 Å². The van der Waals surface area contributed by atoms with Crippen LogP contribution in [0.3, 0.4) is 0 Å². The number of nitrogens with zero attached hydrogens (tertiary/aromatic N) is 2. The first-order valence-electron chi connectivity index (χ1n) is 12.1. The smallest absolute Gasteiger partial charge is 0.343 e. The Morgan fingerprint density at radius 3 is 2.51 bits per heavy atom. The number of hydrogen-bond donors (Lipinski definition) is 2. The molecule has 0 saturated carbocycles. The molecule has 0 radical (unpaired) electrons. The van der Waals surface area contributed by atoms with Gasteiger partial charge in [0.25, 0.3) is 5.56 Å². The highest BCUT2D eigenvalue weighted by atomic mass is 16.7. The lowest BCUT2D eigenvalue weighted by Gasteiger charge is -2.31. The van der Waals surface area contributed by atoms with Crippen LogP contribution in [0.2, 0.25) is 0 Å². The van der Waals surface area contributed by atoms with Gasteiger partial charge in [-0.2, -0.15) is 0 Å². The molecule has 1 atom stereocenters. The number of hydrogen-bond acceptors (Lipinski definition) is 8. The van der Waals surface area contributed by atoms with E-state index in [1.165, 1.54) is 0 Å². The van der Waals surface area contributed by atoms with E-state index in [1.807, 2.05) is 36.4 Å². The van der Waals surface area contributed by atoms with E-state index in [-0.39, 0.29) is 49.7 Å². The summed E-state index contributed by atoms with van der Waals surface area (Å²) in [5, 5.41) is 21.5. The largest absolute Gasteiger partial charge is 0.458 e. The van der Waals surface area contributed by atoms with Gasteiger partial charge in [-0.25, -0.2) is 9.78 Å². The Morgan fingerprint density at radius 1 is 1.03 bits per heavy atom. The summed E-state index contributed by atoms with van der Waals surface area (Å²) in [5.41, 5.74) is 3.56. The van der Waals surface area contributed by atoms with E-state index in [0.29, 0.717) is 28.4 Å². The molecule has 2 N–H and O–H groups in total. The summed E-state index contributed by atoms with van der Waals surface area (Å²) in [6.45, 7) is 1.82. The van der Waals surface area contributed by atoms with E-state index in [4.69, 9.17) is 19.2 Å². The average molecular weight is 498 g/mol. The number of carbonyl (C=O) groups excluding carboxylic acids is 1. The van der Waals surface area contributed by atoms with E-state index in [1.54, 1.807) is 17.6 Å². The Morgan fingerprint density at radius 2 is 1.78 bits per heavy atom. The van der Waals surface area contributed by atoms with E-state index < -0.39 is 11.6 Å². The molecule has 186 valence electrons. The number of carbonyl (C=O) groups is 1. The van der Waals surface area contributed by atoms with Gasteiger partial charge in [-0.3, -0.25) is 4.79 Å². The summed E-state index contributed by atoms with van der Waals surface area (Å²) in [4.78, 5) is 31.1. The number of cyclic esters (lactones) is 1. The predicted octanol–water partition coefficient (Wildman–Crippen LogP) is 2.97. The van der Waals surface area contributed by atoms with Crippen molar-refractivity contribution < 1.29 is 29.2 Å². The van der Waals surface area contributed by atoms with Crippen molar-refractivity contribution in [2.75, 3.05) is 6.79 Å². The number of aromatic nitrogens is 2. The number of aliphatic hydroxyl groups is 2. The minimum atomic E-state index is -1.89. The first kappa shape index (κ1) is 22.0. The molecule has 2 aromatic heterocycles. The second-order valence-electron chi connectivity index (χ2n) is 9.49. The monoisotopic (exact) mass is 498 g/mol. The normalized spacial score (nSPS) is 18.9. The quantitative estimate of drug-likeness (QED) is 0.365. The highest BCUT2D eigenvalue weighted by Crippen LogP contribution is 2.46. The summed E-state index contributed by atoms with van der Waals surface area (Å²) < 4.78 is 18.0. The molecule has 37 heavy (non-hydrogen) atoms. The van der Waals surface area contributed by atoms with Gasteiger partial charge in [0.15, 0.2) is 17.1 Å². The third-order valence-electron chi connectivity index (χ3n) is 7.61. The van der Waals surface area contributed by atoms with Crippen LogP contribution < -0.4 is 15.0 Å². The molecule has 4 aromatic rings. The summed E-state index contributed by atoms with van der Waals surface area (Å²) in [6.07, 6.45) is 0.0751. The molecule has 3 aliphatic rings. The van der Waals surface area contributed by atoms with Gasteiger partial charge in [-0.05, 0) is 35.2 Å². The van der Waals surface area contributed by atoms with Gasteiger partial charge in [0, 0.05) is 22.6 Å². The van der Waals surface area contributed by atoms with E-state index in [9.17, 15) is 19.8 Å². The van der Waals surface area contributed by atoms with Crippen LogP contribution in [0.4, 0.5) is 0 Å². The van der Waals surface area contributed by atoms with Gasteiger partial charge >= 0.3 is 5.97 Å². The molecular weight excluding hydrogens is 476 g/mol. The Hall–Kier alpha value is -4.21. The average Bonchev–Trinajstić information content (AvgIpc) is 3.53. The second kappa shape index (κ2) is 7.64. The first-order valence-corrected chi connectivity index (χ1v) is 12.1. The number of pyridine rings is 2. The van der Waals surface area contributed by atoms with Crippen LogP contribution in [-0.2, 0) is 34.9 Å². The molecule has 0 spiro atoms. The first-order chi connectivity index (χ1) is 17.9. The highest BCUT2D eigenvalue weighted by Gasteiger charge is 2.45. The fraction of sp³-hybridized carbons (Fsp3) is 0.250. The van der Waals surface area contributed by atoms with Crippen molar-refractivity contribution >= 4 is 16.9 Å². The van der Waals surface area contributed by atoms with Crippen molar-refractivity contribution in [2.24, 2.45) is 0 Å². The molecule has 0 amide bonds. The highest BCUT2D eigenvalue weighted by molar-refractivity contribution is 6.01. The molecule has 0 fully saturated rings. The summed E-state index contributed by atoms with van der Waals surface area (Å²) in [5.74, 6) is 0.452. The van der Waals surface area contributed by atoms with Crippen molar-refractivity contribution in [2.45, 2.75) is 38.7 Å². The fourth-order valence-corrected chi connectivity index (χ4v) is 5.58. The van der Waals surface area contributed by atoms with Crippen molar-refractivity contribution in [3.8, 4) is 34.0 Å². The van der Waals surface area contributed by atoms with E-state index >= 15 is 0 Å². The molecule has 0 bridgehead atoms. The molecule has 7 rings (SSSR count). The second-order valence-corrected chi connectivity index (χ2v) is 9.49. The molecular formula is C28H22N2O7. The lowest BCUT2D eigenvalue weighted by molar-refractivity contribution is -0.172. The number of aliphatic hydroxyl groups excluding tert-OH is 1. The van der Waals surface area contributed by atoms with Crippen molar-refractivity contribution in [3.05, 3.63) is 75.1 Å². The third kappa shape index (κ3) is 2.95. The lowest BCUT2D eigenvalue weighted by Crippen LogP contribution is -2.44. The number of esters is 1. The number of fused-ring (bicyclic) bond motifs is 6. The van der Waals surface area contributed by atoms with Crippen LogP contribution in [0.15, 0.2) is 47.3 Å². The van der Waals surface area contributed by atoms with Crippen LogP contribution in [-0.4, -0.2) is 32.5 Å². The number of ether oxygens (including phenoxy) is 3. The molecule has 2 aromatic carbocycles. The van der Waals surface area contributed by atoms with Crippen molar-refractivity contribution in [1.29, 1.82) is 0 Å². The molecule has 0 saturated heterocycles. The van der Waals surface area contributed by atoms with Crippen molar-refractivity contribution in [1.82, 2.24) is 9.55 Å². The minimum absolute atomic E-state index is 0.0678. The standard InChI is InChI=1S/C28H22N2O7/c1-2-28(34)19-8-21-25-17(10-30(21)26(32)18(19)12-35-27(28)33)24(15-5-3-14(11-31)4-6-15)16-7-22-23(37-13-36-22)9-20(16)29-25/h3-9,31,34H,2,10-13H2,1H3/t28-/m0/s1. The minimum Gasteiger partial charge on any atom is -0.458 e. The zero-order valence-corrected chi connectivity index (χ0v) is 19.9. The molecule has 0 aliphatic carbocycles. The summed E-state index contributed by atoms with van der Waals surface area (Å²) in [7, 11) is 0. The topological polar surface area (TPSA) is 120 Å². The Labute approximate surface area is 210 Å². The predicted molar refractivity (Wildman–Crippen MR) is 132 cm³/mol. The van der Waals surface area contributed by atoms with Gasteiger partial charge in [-0.1, -0.05) is 31.2 Å². The van der Waals surface area contributed by atoms with Gasteiger partial charge < -0.3 is 29.0 Å².